The molecule has 1 aromatic heterocycles. The molecule has 2 aromatic carbocycles. The van der Waals surface area contributed by atoms with E-state index in [4.69, 9.17) is 0 Å². The fourth-order valence-electron chi connectivity index (χ4n) is 5.35. The lowest BCUT2D eigenvalue weighted by Crippen LogP contribution is -2.41. The van der Waals surface area contributed by atoms with Gasteiger partial charge in [0.05, 0.1) is 17.8 Å². The maximum Gasteiger partial charge on any atom is 0.254 e. The zero-order valence-corrected chi connectivity index (χ0v) is 19.5. The molecule has 0 unspecified atom stereocenters. The highest BCUT2D eigenvalue weighted by Crippen LogP contribution is 2.36. The van der Waals surface area contributed by atoms with Gasteiger partial charge in [0.15, 0.2) is 0 Å². The van der Waals surface area contributed by atoms with Gasteiger partial charge >= 0.3 is 0 Å². The number of benzene rings is 2. The Morgan fingerprint density at radius 3 is 2.52 bits per heavy atom. The second-order valence-electron chi connectivity index (χ2n) is 9.76. The van der Waals surface area contributed by atoms with Gasteiger partial charge in [-0.05, 0) is 72.7 Å². The lowest BCUT2D eigenvalue weighted by molar-refractivity contribution is 0.0105. The number of aryl methyl sites for hydroxylation is 1. The number of nitrogens with zero attached hydrogens (tertiary/aromatic N) is 3. The van der Waals surface area contributed by atoms with Crippen LogP contribution in [0.25, 0.3) is 11.3 Å². The molecule has 172 valence electrons. The predicted octanol–water partition coefficient (Wildman–Crippen LogP) is 4.69. The van der Waals surface area contributed by atoms with E-state index in [1.165, 1.54) is 6.07 Å². The molecule has 1 amide bonds. The van der Waals surface area contributed by atoms with Gasteiger partial charge in [-0.2, -0.15) is 5.10 Å². The average Bonchev–Trinajstić information content (AvgIpc) is 3.48. The summed E-state index contributed by atoms with van der Waals surface area (Å²) in [6.07, 6.45) is 5.79. The van der Waals surface area contributed by atoms with Crippen molar-refractivity contribution >= 4 is 5.91 Å². The van der Waals surface area contributed by atoms with E-state index in [2.05, 4.69) is 5.10 Å². The van der Waals surface area contributed by atoms with Gasteiger partial charge in [0.25, 0.3) is 5.91 Å². The molecule has 5 nitrogen and oxygen atoms in total. The van der Waals surface area contributed by atoms with Crippen LogP contribution in [0.1, 0.15) is 63.9 Å². The molecule has 1 aliphatic carbocycles. The predicted molar refractivity (Wildman–Crippen MR) is 125 cm³/mol. The van der Waals surface area contributed by atoms with Gasteiger partial charge < -0.3 is 10.0 Å². The molecule has 6 heteroatoms. The number of carbonyl (C=O) groups is 1. The smallest absolute Gasteiger partial charge is 0.254 e. The van der Waals surface area contributed by atoms with Crippen LogP contribution in [0.4, 0.5) is 4.39 Å². The van der Waals surface area contributed by atoms with Crippen LogP contribution in [0, 0.1) is 19.7 Å². The number of halogens is 1. The average molecular weight is 448 g/mol. The van der Waals surface area contributed by atoms with Crippen molar-refractivity contribution in [1.82, 2.24) is 14.7 Å². The van der Waals surface area contributed by atoms with E-state index in [1.807, 2.05) is 51.4 Å². The van der Waals surface area contributed by atoms with E-state index in [-0.39, 0.29) is 11.7 Å². The Morgan fingerprint density at radius 1 is 1.09 bits per heavy atom. The SMILES string of the molecule is Cc1c(Cc2ccc(-c3ccn(C)n3)cc2F)cc2c(c1C)CN(CC1(O)CCCC1)C2=O. The summed E-state index contributed by atoms with van der Waals surface area (Å²) >= 11 is 0. The summed E-state index contributed by atoms with van der Waals surface area (Å²) < 4.78 is 16.7. The summed E-state index contributed by atoms with van der Waals surface area (Å²) in [4.78, 5) is 15.0. The first-order chi connectivity index (χ1) is 15.7. The minimum Gasteiger partial charge on any atom is -0.388 e. The van der Waals surface area contributed by atoms with Crippen molar-refractivity contribution in [3.63, 3.8) is 0 Å². The second kappa shape index (κ2) is 8.10. The van der Waals surface area contributed by atoms with Crippen molar-refractivity contribution in [1.29, 1.82) is 0 Å². The highest BCUT2D eigenvalue weighted by molar-refractivity contribution is 5.99. The first-order valence-electron chi connectivity index (χ1n) is 11.7. The monoisotopic (exact) mass is 447 g/mol. The first-order valence-corrected chi connectivity index (χ1v) is 11.7. The molecule has 1 N–H and O–H groups in total. The molecule has 0 spiro atoms. The Kier molecular flexibility index (Phi) is 5.36. The molecule has 1 saturated carbocycles. The van der Waals surface area contributed by atoms with Gasteiger partial charge in [-0.3, -0.25) is 9.48 Å². The molecule has 3 aromatic rings. The quantitative estimate of drug-likeness (QED) is 0.617. The largest absolute Gasteiger partial charge is 0.388 e. The van der Waals surface area contributed by atoms with E-state index < -0.39 is 5.60 Å². The third-order valence-electron chi connectivity index (χ3n) is 7.47. The highest BCUT2D eigenvalue weighted by Gasteiger charge is 2.38. The number of aromatic nitrogens is 2. The number of amides is 1. The van der Waals surface area contributed by atoms with Crippen LogP contribution >= 0.6 is 0 Å². The van der Waals surface area contributed by atoms with E-state index in [1.54, 1.807) is 9.58 Å². The summed E-state index contributed by atoms with van der Waals surface area (Å²) in [5, 5.41) is 15.2. The minimum atomic E-state index is -0.762. The number of hydrogen-bond acceptors (Lipinski definition) is 3. The molecule has 1 aliphatic heterocycles. The summed E-state index contributed by atoms with van der Waals surface area (Å²) in [5.41, 5.74) is 6.19. The van der Waals surface area contributed by atoms with Crippen molar-refractivity contribution in [3.05, 3.63) is 75.7 Å². The molecule has 0 saturated heterocycles. The van der Waals surface area contributed by atoms with Crippen molar-refractivity contribution in [2.24, 2.45) is 7.05 Å². The lowest BCUT2D eigenvalue weighted by atomic mass is 9.91. The molecule has 5 rings (SSSR count). The normalized spacial score (nSPS) is 17.1. The maximum absolute atomic E-state index is 15.0. The Morgan fingerprint density at radius 2 is 1.85 bits per heavy atom. The van der Waals surface area contributed by atoms with Crippen LogP contribution in [-0.2, 0) is 20.0 Å². The van der Waals surface area contributed by atoms with Gasteiger partial charge in [0.1, 0.15) is 5.82 Å². The Balaban J connectivity index is 1.41. The van der Waals surface area contributed by atoms with Gasteiger partial charge in [0, 0.05) is 37.3 Å². The van der Waals surface area contributed by atoms with Gasteiger partial charge in [-0.15, -0.1) is 0 Å². The van der Waals surface area contributed by atoms with Crippen LogP contribution in [0.2, 0.25) is 0 Å². The maximum atomic E-state index is 15.0. The van der Waals surface area contributed by atoms with Crippen molar-refractivity contribution < 1.29 is 14.3 Å². The highest BCUT2D eigenvalue weighted by atomic mass is 19.1. The van der Waals surface area contributed by atoms with Crippen LogP contribution in [0.3, 0.4) is 0 Å². The fraction of sp³-hybridized carbons (Fsp3) is 0.407. The number of fused-ring (bicyclic) bond motifs is 1. The molecule has 1 fully saturated rings. The molecule has 0 atom stereocenters. The zero-order chi connectivity index (χ0) is 23.3. The van der Waals surface area contributed by atoms with Gasteiger partial charge in [-0.1, -0.05) is 25.0 Å². The molecule has 2 aliphatic rings. The minimum absolute atomic E-state index is 0.0272. The third kappa shape index (κ3) is 3.97. The molecule has 33 heavy (non-hydrogen) atoms. The molecule has 0 radical (unpaired) electrons. The zero-order valence-electron chi connectivity index (χ0n) is 19.5. The summed E-state index contributed by atoms with van der Waals surface area (Å²) in [5.74, 6) is -0.298. The van der Waals surface area contributed by atoms with Crippen LogP contribution < -0.4 is 0 Å². The topological polar surface area (TPSA) is 58.4 Å². The lowest BCUT2D eigenvalue weighted by Gasteiger charge is -2.28. The number of carbonyl (C=O) groups excluding carboxylic acids is 1. The summed E-state index contributed by atoms with van der Waals surface area (Å²) in [6, 6.07) is 9.03. The third-order valence-corrected chi connectivity index (χ3v) is 7.47. The first kappa shape index (κ1) is 21.8. The molecular formula is C27H30FN3O2. The van der Waals surface area contributed by atoms with Crippen LogP contribution in [-0.4, -0.2) is 37.8 Å². The number of rotatable bonds is 5. The standard InChI is InChI=1S/C27H30FN3O2/c1-17-18(2)23-15-31(16-27(33)9-4-5-10-27)26(32)22(23)13-21(17)12-19-6-7-20(14-24(19)28)25-8-11-30(3)29-25/h6-8,11,13-14,33H,4-5,9-10,12,15-16H2,1-3H3. The van der Waals surface area contributed by atoms with Crippen LogP contribution in [0.5, 0.6) is 0 Å². The molecule has 2 heterocycles. The van der Waals surface area contributed by atoms with E-state index in [0.717, 1.165) is 59.2 Å². The molecular weight excluding hydrogens is 417 g/mol. The number of hydrogen-bond donors (Lipinski definition) is 1. The molecule has 0 bridgehead atoms. The number of aliphatic hydroxyl groups is 1. The van der Waals surface area contributed by atoms with E-state index in [0.29, 0.717) is 30.6 Å². The Hall–Kier alpha value is -2.99. The van der Waals surface area contributed by atoms with E-state index >= 15 is 4.39 Å². The van der Waals surface area contributed by atoms with Gasteiger partial charge in [-0.25, -0.2) is 4.39 Å². The van der Waals surface area contributed by atoms with Crippen molar-refractivity contribution in [3.8, 4) is 11.3 Å². The van der Waals surface area contributed by atoms with Crippen molar-refractivity contribution in [2.75, 3.05) is 6.54 Å². The Bertz CT molecular complexity index is 1240. The van der Waals surface area contributed by atoms with Crippen LogP contribution in [0.15, 0.2) is 36.5 Å². The summed E-state index contributed by atoms with van der Waals surface area (Å²) in [7, 11) is 1.84. The van der Waals surface area contributed by atoms with E-state index in [9.17, 15) is 9.90 Å². The second-order valence-corrected chi connectivity index (χ2v) is 9.76. The summed E-state index contributed by atoms with van der Waals surface area (Å²) in [6.45, 7) is 5.01. The Labute approximate surface area is 193 Å². The van der Waals surface area contributed by atoms with Crippen molar-refractivity contribution in [2.45, 2.75) is 58.1 Å². The fourth-order valence-corrected chi connectivity index (χ4v) is 5.35. The number of β-amino-alcohol motifs (C(OH)–C–C–N with tert-alkyl or cyclic N) is 1. The van der Waals surface area contributed by atoms with Gasteiger partial charge in [0.2, 0.25) is 0 Å².